The fourth-order valence-electron chi connectivity index (χ4n) is 12.3. The van der Waals surface area contributed by atoms with Gasteiger partial charge in [0.1, 0.15) is 0 Å². The van der Waals surface area contributed by atoms with Gasteiger partial charge in [0, 0.05) is 0 Å². The average molecular weight is 427 g/mol. The van der Waals surface area contributed by atoms with Crippen molar-refractivity contribution in [3.8, 4) is 0 Å². The monoisotopic (exact) mass is 426 g/mol. The zero-order valence-corrected chi connectivity index (χ0v) is 22.4. The SMILES string of the molecule is CCC(C)[C@H]1CC[C@]2(C)C3CCC4[C@@]5(C)CCCC(C)(C)C5CC[C@@]4(C)[C@]3(C)CC[C@@H]12. The summed E-state index contributed by atoms with van der Waals surface area (Å²) in [7, 11) is 0. The summed E-state index contributed by atoms with van der Waals surface area (Å²) >= 11 is 0. The predicted molar refractivity (Wildman–Crippen MR) is 134 cm³/mol. The van der Waals surface area contributed by atoms with Crippen LogP contribution >= 0.6 is 0 Å². The molecule has 0 nitrogen and oxygen atoms in total. The molecule has 0 aromatic heterocycles. The van der Waals surface area contributed by atoms with Crippen LogP contribution in [0.5, 0.6) is 0 Å². The van der Waals surface area contributed by atoms with E-state index in [1.807, 2.05) is 0 Å². The highest BCUT2D eigenvalue weighted by Gasteiger charge is 2.70. The van der Waals surface area contributed by atoms with Gasteiger partial charge in [0.15, 0.2) is 0 Å². The minimum Gasteiger partial charge on any atom is -0.0651 e. The molecule has 5 fully saturated rings. The van der Waals surface area contributed by atoms with E-state index in [2.05, 4.69) is 55.4 Å². The first-order valence-corrected chi connectivity index (χ1v) is 14.4. The van der Waals surface area contributed by atoms with E-state index >= 15 is 0 Å². The third kappa shape index (κ3) is 2.78. The zero-order valence-electron chi connectivity index (χ0n) is 22.4. The zero-order chi connectivity index (χ0) is 22.4. The van der Waals surface area contributed by atoms with Gasteiger partial charge in [-0.05, 0) is 127 Å². The van der Waals surface area contributed by atoms with Crippen molar-refractivity contribution < 1.29 is 0 Å². The highest BCUT2D eigenvalue weighted by Crippen LogP contribution is 2.78. The Morgan fingerprint density at radius 2 is 1.26 bits per heavy atom. The van der Waals surface area contributed by atoms with E-state index in [0.717, 1.165) is 35.5 Å². The van der Waals surface area contributed by atoms with E-state index in [9.17, 15) is 0 Å². The first-order valence-electron chi connectivity index (χ1n) is 14.4. The molecule has 31 heavy (non-hydrogen) atoms. The first kappa shape index (κ1) is 22.8. The third-order valence-corrected chi connectivity index (χ3v) is 14.1. The molecular formula is C31H54. The normalized spacial score (nSPS) is 56.7. The summed E-state index contributed by atoms with van der Waals surface area (Å²) in [5.74, 6) is 5.86. The molecule has 4 unspecified atom stereocenters. The molecule has 10 atom stereocenters. The van der Waals surface area contributed by atoms with Gasteiger partial charge in [-0.3, -0.25) is 0 Å². The van der Waals surface area contributed by atoms with E-state index in [1.165, 1.54) is 70.6 Å². The highest BCUT2D eigenvalue weighted by molar-refractivity contribution is 5.19. The van der Waals surface area contributed by atoms with Gasteiger partial charge in [-0.2, -0.15) is 0 Å². The van der Waals surface area contributed by atoms with Crippen LogP contribution in [0, 0.1) is 62.6 Å². The Morgan fingerprint density at radius 1 is 0.645 bits per heavy atom. The van der Waals surface area contributed by atoms with Gasteiger partial charge >= 0.3 is 0 Å². The van der Waals surface area contributed by atoms with Gasteiger partial charge < -0.3 is 0 Å². The van der Waals surface area contributed by atoms with Crippen molar-refractivity contribution >= 4 is 0 Å². The lowest BCUT2D eigenvalue weighted by molar-refractivity contribution is -0.241. The van der Waals surface area contributed by atoms with Crippen LogP contribution in [0.15, 0.2) is 0 Å². The number of hydrogen-bond acceptors (Lipinski definition) is 0. The van der Waals surface area contributed by atoms with E-state index in [0.29, 0.717) is 27.1 Å². The van der Waals surface area contributed by atoms with Crippen LogP contribution in [0.25, 0.3) is 0 Å². The van der Waals surface area contributed by atoms with E-state index < -0.39 is 0 Å². The molecule has 0 aliphatic heterocycles. The molecule has 0 amide bonds. The second-order valence-electron chi connectivity index (χ2n) is 15.2. The molecule has 0 bridgehead atoms. The first-order chi connectivity index (χ1) is 14.4. The lowest BCUT2D eigenvalue weighted by Gasteiger charge is -2.73. The molecular weight excluding hydrogens is 372 g/mol. The largest absolute Gasteiger partial charge is 0.0651 e. The fourth-order valence-corrected chi connectivity index (χ4v) is 12.3. The second kappa shape index (κ2) is 7.01. The number of rotatable bonds is 2. The number of fused-ring (bicyclic) bond motifs is 7. The Morgan fingerprint density at radius 3 is 1.90 bits per heavy atom. The molecule has 0 heteroatoms. The molecule has 0 N–H and O–H groups in total. The summed E-state index contributed by atoms with van der Waals surface area (Å²) in [5.41, 5.74) is 2.91. The van der Waals surface area contributed by atoms with Crippen molar-refractivity contribution in [3.63, 3.8) is 0 Å². The van der Waals surface area contributed by atoms with Crippen LogP contribution in [0.2, 0.25) is 0 Å². The van der Waals surface area contributed by atoms with Crippen LogP contribution in [0.1, 0.15) is 132 Å². The molecule has 5 saturated carbocycles. The standard InChI is InChI=1S/C31H54/c1-9-21(2)22-13-18-28(5)23(22)14-19-30(7)25(28)11-12-26-29(6)17-10-16-27(3,4)24(29)15-20-31(26,30)8/h21-26H,9-20H2,1-8H3/t21?,22-,23+,24?,25?,26?,28+,29+,30-,31-/m1/s1. The maximum atomic E-state index is 2.82. The van der Waals surface area contributed by atoms with Gasteiger partial charge in [-0.15, -0.1) is 0 Å². The lowest BCUT2D eigenvalue weighted by atomic mass is 9.32. The molecule has 0 aromatic carbocycles. The summed E-state index contributed by atoms with van der Waals surface area (Å²) in [6.07, 6.45) is 18.1. The molecule has 0 radical (unpaired) electrons. The maximum absolute atomic E-state index is 2.82. The van der Waals surface area contributed by atoms with Crippen molar-refractivity contribution in [1.82, 2.24) is 0 Å². The van der Waals surface area contributed by atoms with Crippen LogP contribution in [0.3, 0.4) is 0 Å². The Kier molecular flexibility index (Phi) is 5.15. The Bertz CT molecular complexity index is 705. The third-order valence-electron chi connectivity index (χ3n) is 14.1. The Hall–Kier alpha value is 0. The average Bonchev–Trinajstić information content (AvgIpc) is 3.04. The topological polar surface area (TPSA) is 0 Å². The quantitative estimate of drug-likeness (QED) is 0.412. The van der Waals surface area contributed by atoms with Crippen LogP contribution in [-0.4, -0.2) is 0 Å². The summed E-state index contributed by atoms with van der Waals surface area (Å²) in [6, 6.07) is 0. The van der Waals surface area contributed by atoms with Crippen LogP contribution in [-0.2, 0) is 0 Å². The molecule has 0 spiro atoms. The van der Waals surface area contributed by atoms with Crippen molar-refractivity contribution in [3.05, 3.63) is 0 Å². The minimum absolute atomic E-state index is 0.560. The minimum atomic E-state index is 0.560. The van der Waals surface area contributed by atoms with Crippen LogP contribution in [0.4, 0.5) is 0 Å². The van der Waals surface area contributed by atoms with Gasteiger partial charge in [-0.25, -0.2) is 0 Å². The molecule has 0 saturated heterocycles. The molecule has 5 aliphatic carbocycles. The summed E-state index contributed by atoms with van der Waals surface area (Å²) in [5, 5.41) is 0. The molecule has 5 aliphatic rings. The van der Waals surface area contributed by atoms with Crippen molar-refractivity contribution in [2.24, 2.45) is 62.6 Å². The smallest absolute Gasteiger partial charge is 0.0235 e. The fraction of sp³-hybridized carbons (Fsp3) is 1.00. The summed E-state index contributed by atoms with van der Waals surface area (Å²) in [4.78, 5) is 0. The lowest BCUT2D eigenvalue weighted by Crippen LogP contribution is -2.65. The Labute approximate surface area is 195 Å². The molecule has 0 heterocycles. The summed E-state index contributed by atoms with van der Waals surface area (Å²) in [6.45, 7) is 21.4. The van der Waals surface area contributed by atoms with E-state index in [1.54, 1.807) is 6.42 Å². The van der Waals surface area contributed by atoms with Crippen LogP contribution < -0.4 is 0 Å². The predicted octanol–water partition coefficient (Wildman–Crippen LogP) is 9.52. The summed E-state index contributed by atoms with van der Waals surface area (Å²) < 4.78 is 0. The van der Waals surface area contributed by atoms with Crippen molar-refractivity contribution in [1.29, 1.82) is 0 Å². The Balaban J connectivity index is 1.50. The van der Waals surface area contributed by atoms with Gasteiger partial charge in [0.2, 0.25) is 0 Å². The molecule has 0 aromatic rings. The molecule has 5 rings (SSSR count). The van der Waals surface area contributed by atoms with Crippen molar-refractivity contribution in [2.75, 3.05) is 0 Å². The van der Waals surface area contributed by atoms with Gasteiger partial charge in [-0.1, -0.05) is 68.2 Å². The van der Waals surface area contributed by atoms with Crippen molar-refractivity contribution in [2.45, 2.75) is 132 Å². The molecule has 178 valence electrons. The maximum Gasteiger partial charge on any atom is -0.0235 e. The van der Waals surface area contributed by atoms with E-state index in [-0.39, 0.29) is 0 Å². The van der Waals surface area contributed by atoms with Gasteiger partial charge in [0.25, 0.3) is 0 Å². The van der Waals surface area contributed by atoms with Gasteiger partial charge in [0.05, 0.1) is 0 Å². The number of hydrogen-bond donors (Lipinski definition) is 0. The highest BCUT2D eigenvalue weighted by atomic mass is 14.7. The van der Waals surface area contributed by atoms with E-state index in [4.69, 9.17) is 0 Å². The second-order valence-corrected chi connectivity index (χ2v) is 15.2.